The third-order valence-electron chi connectivity index (χ3n) is 4.07. The summed E-state index contributed by atoms with van der Waals surface area (Å²) < 4.78 is 5.20. The first-order valence-electron chi connectivity index (χ1n) is 7.53. The number of anilines is 1. The van der Waals surface area contributed by atoms with Crippen molar-refractivity contribution in [2.24, 2.45) is 0 Å². The first-order valence-corrected chi connectivity index (χ1v) is 8.48. The van der Waals surface area contributed by atoms with E-state index in [1.165, 1.54) is 11.3 Å². The second-order valence-corrected chi connectivity index (χ2v) is 6.29. The zero-order valence-corrected chi connectivity index (χ0v) is 14.0. The molecule has 1 aromatic heterocycles. The summed E-state index contributed by atoms with van der Waals surface area (Å²) in [5.41, 5.74) is 1.48. The van der Waals surface area contributed by atoms with E-state index in [0.29, 0.717) is 18.8 Å². The summed E-state index contributed by atoms with van der Waals surface area (Å²) in [7, 11) is 1.58. The first-order chi connectivity index (χ1) is 11.6. The lowest BCUT2D eigenvalue weighted by molar-refractivity contribution is -0.144. The van der Waals surface area contributed by atoms with E-state index in [1.54, 1.807) is 29.0 Å². The van der Waals surface area contributed by atoms with Crippen LogP contribution in [0.5, 0.6) is 5.75 Å². The molecule has 126 valence electrons. The van der Waals surface area contributed by atoms with Gasteiger partial charge in [-0.05, 0) is 34.5 Å². The minimum absolute atomic E-state index is 0.0734. The molecule has 1 amide bonds. The molecule has 1 N–H and O–H groups in total. The van der Waals surface area contributed by atoms with Gasteiger partial charge < -0.3 is 14.7 Å². The van der Waals surface area contributed by atoms with Crippen LogP contribution in [0.1, 0.15) is 11.6 Å². The molecule has 1 fully saturated rings. The number of rotatable bonds is 5. The van der Waals surface area contributed by atoms with Crippen LogP contribution in [-0.2, 0) is 9.59 Å². The number of aliphatic carboxylic acids is 1. The van der Waals surface area contributed by atoms with Crippen LogP contribution in [0.2, 0.25) is 0 Å². The molecule has 24 heavy (non-hydrogen) atoms. The number of piperazine rings is 1. The molecule has 1 aliphatic heterocycles. The van der Waals surface area contributed by atoms with Crippen LogP contribution >= 0.6 is 11.3 Å². The molecule has 0 saturated carbocycles. The Morgan fingerprint density at radius 1 is 1.33 bits per heavy atom. The number of nitrogens with zero attached hydrogens (tertiary/aromatic N) is 2. The van der Waals surface area contributed by atoms with Crippen molar-refractivity contribution in [1.82, 2.24) is 4.90 Å². The maximum absolute atomic E-state index is 12.6. The molecule has 1 saturated heterocycles. The van der Waals surface area contributed by atoms with E-state index in [1.807, 2.05) is 29.0 Å². The second-order valence-electron chi connectivity index (χ2n) is 5.51. The average molecular weight is 346 g/mol. The van der Waals surface area contributed by atoms with Gasteiger partial charge in [-0.25, -0.2) is 0 Å². The van der Waals surface area contributed by atoms with Crippen LogP contribution in [-0.4, -0.2) is 48.6 Å². The van der Waals surface area contributed by atoms with Crippen molar-refractivity contribution in [2.75, 3.05) is 31.6 Å². The Hall–Kier alpha value is -2.38. The van der Waals surface area contributed by atoms with Crippen molar-refractivity contribution < 1.29 is 19.4 Å². The number of carbonyl (C=O) groups is 2. The quantitative estimate of drug-likeness (QED) is 0.899. The normalized spacial score (nSPS) is 16.9. The smallest absolute Gasteiger partial charge is 0.325 e. The summed E-state index contributed by atoms with van der Waals surface area (Å²) in [6.07, 6.45) is 0. The van der Waals surface area contributed by atoms with Crippen molar-refractivity contribution in [3.8, 4) is 5.75 Å². The fourth-order valence-corrected chi connectivity index (χ4v) is 3.58. The average Bonchev–Trinajstić information content (AvgIpc) is 3.09. The Morgan fingerprint density at radius 3 is 2.79 bits per heavy atom. The Balaban J connectivity index is 1.77. The number of thiophene rings is 1. The molecule has 0 unspecified atom stereocenters. The lowest BCUT2D eigenvalue weighted by atomic mass is 10.1. The Bertz CT molecular complexity index is 732. The lowest BCUT2D eigenvalue weighted by Crippen LogP contribution is -2.52. The zero-order chi connectivity index (χ0) is 17.1. The number of carboxylic acids is 1. The van der Waals surface area contributed by atoms with Gasteiger partial charge in [-0.2, -0.15) is 11.3 Å². The van der Waals surface area contributed by atoms with Crippen LogP contribution in [0.4, 0.5) is 5.69 Å². The van der Waals surface area contributed by atoms with Gasteiger partial charge in [-0.3, -0.25) is 14.5 Å². The molecule has 0 radical (unpaired) electrons. The molecular weight excluding hydrogens is 328 g/mol. The van der Waals surface area contributed by atoms with E-state index in [2.05, 4.69) is 0 Å². The first kappa shape index (κ1) is 16.5. The fraction of sp³-hybridized carbons (Fsp3) is 0.294. The number of benzene rings is 1. The SMILES string of the molecule is COc1cccc(N2CCN([C@@H](C(=O)O)c3ccsc3)CC2=O)c1. The third kappa shape index (κ3) is 3.27. The molecule has 1 atom stereocenters. The number of carbonyl (C=O) groups excluding carboxylic acids is 1. The van der Waals surface area contributed by atoms with E-state index in [9.17, 15) is 14.7 Å². The topological polar surface area (TPSA) is 70.1 Å². The Labute approximate surface area is 143 Å². The van der Waals surface area contributed by atoms with Crippen molar-refractivity contribution in [3.63, 3.8) is 0 Å². The molecule has 6 nitrogen and oxygen atoms in total. The third-order valence-corrected chi connectivity index (χ3v) is 4.77. The predicted molar refractivity (Wildman–Crippen MR) is 91.6 cm³/mol. The number of methoxy groups -OCH3 is 1. The van der Waals surface area contributed by atoms with Gasteiger partial charge in [0.25, 0.3) is 0 Å². The molecule has 7 heteroatoms. The largest absolute Gasteiger partial charge is 0.497 e. The van der Waals surface area contributed by atoms with Gasteiger partial charge in [0.05, 0.1) is 13.7 Å². The highest BCUT2D eigenvalue weighted by Crippen LogP contribution is 2.27. The molecule has 2 aromatic rings. The minimum atomic E-state index is -0.934. The highest BCUT2D eigenvalue weighted by atomic mass is 32.1. The number of carboxylic acid groups (broad SMARTS) is 1. The van der Waals surface area contributed by atoms with Crippen LogP contribution in [0.15, 0.2) is 41.1 Å². The molecule has 3 rings (SSSR count). The lowest BCUT2D eigenvalue weighted by Gasteiger charge is -2.37. The number of ether oxygens (including phenoxy) is 1. The van der Waals surface area contributed by atoms with Gasteiger partial charge in [-0.1, -0.05) is 6.07 Å². The molecular formula is C17H18N2O4S. The Kier molecular flexibility index (Phi) is 4.82. The summed E-state index contributed by atoms with van der Waals surface area (Å²) in [4.78, 5) is 27.6. The van der Waals surface area contributed by atoms with Gasteiger partial charge >= 0.3 is 5.97 Å². The van der Waals surface area contributed by atoms with E-state index in [-0.39, 0.29) is 12.5 Å². The van der Waals surface area contributed by atoms with Gasteiger partial charge in [0, 0.05) is 24.8 Å². The van der Waals surface area contributed by atoms with Gasteiger partial charge in [-0.15, -0.1) is 0 Å². The predicted octanol–water partition coefficient (Wildman–Crippen LogP) is 2.23. The molecule has 1 aromatic carbocycles. The Morgan fingerprint density at radius 2 is 2.17 bits per heavy atom. The van der Waals surface area contributed by atoms with Gasteiger partial charge in [0.2, 0.25) is 5.91 Å². The second kappa shape index (κ2) is 7.02. The highest BCUT2D eigenvalue weighted by molar-refractivity contribution is 7.08. The maximum Gasteiger partial charge on any atom is 0.325 e. The zero-order valence-electron chi connectivity index (χ0n) is 13.2. The van der Waals surface area contributed by atoms with Crippen molar-refractivity contribution in [3.05, 3.63) is 46.7 Å². The fourth-order valence-electron chi connectivity index (χ4n) is 2.90. The number of hydrogen-bond donors (Lipinski definition) is 1. The van der Waals surface area contributed by atoms with Crippen molar-refractivity contribution in [2.45, 2.75) is 6.04 Å². The van der Waals surface area contributed by atoms with E-state index in [4.69, 9.17) is 4.74 Å². The van der Waals surface area contributed by atoms with Crippen LogP contribution in [0.25, 0.3) is 0 Å². The summed E-state index contributed by atoms with van der Waals surface area (Å²) in [6.45, 7) is 1.01. The van der Waals surface area contributed by atoms with E-state index < -0.39 is 12.0 Å². The minimum Gasteiger partial charge on any atom is -0.497 e. The standard InChI is InChI=1S/C17H18N2O4S/c1-23-14-4-2-3-13(9-14)19-7-6-18(10-15(19)20)16(17(21)22)12-5-8-24-11-12/h2-5,8-9,11,16H,6-7,10H2,1H3,(H,21,22)/t16-/m1/s1. The molecule has 1 aliphatic rings. The summed E-state index contributed by atoms with van der Waals surface area (Å²) in [5, 5.41) is 13.2. The van der Waals surface area contributed by atoms with Crippen LogP contribution in [0.3, 0.4) is 0 Å². The summed E-state index contributed by atoms with van der Waals surface area (Å²) in [5.74, 6) is -0.364. The van der Waals surface area contributed by atoms with Crippen molar-refractivity contribution >= 4 is 28.9 Å². The molecule has 2 heterocycles. The maximum atomic E-state index is 12.6. The van der Waals surface area contributed by atoms with E-state index >= 15 is 0 Å². The van der Waals surface area contributed by atoms with Gasteiger partial charge in [0.1, 0.15) is 11.8 Å². The monoisotopic (exact) mass is 346 g/mol. The van der Waals surface area contributed by atoms with Crippen molar-refractivity contribution in [1.29, 1.82) is 0 Å². The number of amides is 1. The summed E-state index contributed by atoms with van der Waals surface area (Å²) in [6, 6.07) is 8.32. The molecule has 0 spiro atoms. The van der Waals surface area contributed by atoms with E-state index in [0.717, 1.165) is 11.3 Å². The van der Waals surface area contributed by atoms with Gasteiger partial charge in [0.15, 0.2) is 0 Å². The van der Waals surface area contributed by atoms with Crippen LogP contribution < -0.4 is 9.64 Å². The molecule has 0 aliphatic carbocycles. The van der Waals surface area contributed by atoms with Crippen LogP contribution in [0, 0.1) is 0 Å². The summed E-state index contributed by atoms with van der Waals surface area (Å²) >= 11 is 1.45. The molecule has 0 bridgehead atoms. The highest BCUT2D eigenvalue weighted by Gasteiger charge is 2.34. The number of hydrogen-bond acceptors (Lipinski definition) is 5.